The number of hydrogen-bond acceptors (Lipinski definition) is 7. The van der Waals surface area contributed by atoms with Crippen molar-refractivity contribution in [1.29, 1.82) is 5.26 Å². The number of aliphatic hydroxyl groups is 1. The number of rotatable bonds is 4. The highest BCUT2D eigenvalue weighted by atomic mass is 16.3. The van der Waals surface area contributed by atoms with E-state index in [2.05, 4.69) is 38.1 Å². The molecule has 2 fully saturated rings. The summed E-state index contributed by atoms with van der Waals surface area (Å²) in [5, 5.41) is 24.2. The Labute approximate surface area is 181 Å². The molecule has 2 saturated heterocycles. The van der Waals surface area contributed by atoms with Gasteiger partial charge in [0, 0.05) is 38.1 Å². The first-order valence-corrected chi connectivity index (χ1v) is 10.5. The summed E-state index contributed by atoms with van der Waals surface area (Å²) >= 11 is 0. The normalized spacial score (nSPS) is 20.4. The maximum absolute atomic E-state index is 10.4. The SMILES string of the molecule is Cn1cc(-c2ncc(C#N)c(N3C[C@H]4C[C@H]3CN4c3cccc(C(C)(C)O)c3)n2)cn1. The lowest BCUT2D eigenvalue weighted by Crippen LogP contribution is -2.47. The molecule has 0 amide bonds. The minimum atomic E-state index is -0.869. The summed E-state index contributed by atoms with van der Waals surface area (Å²) < 4.78 is 1.72. The Morgan fingerprint density at radius 2 is 1.94 bits per heavy atom. The van der Waals surface area contributed by atoms with Crippen molar-refractivity contribution >= 4 is 11.5 Å². The number of aryl methyl sites for hydroxylation is 1. The second kappa shape index (κ2) is 7.06. The van der Waals surface area contributed by atoms with Gasteiger partial charge in [0.05, 0.1) is 29.6 Å². The minimum Gasteiger partial charge on any atom is -0.386 e. The van der Waals surface area contributed by atoms with Crippen LogP contribution in [0.15, 0.2) is 42.9 Å². The van der Waals surface area contributed by atoms with Crippen LogP contribution in [0, 0.1) is 11.3 Å². The van der Waals surface area contributed by atoms with E-state index < -0.39 is 5.60 Å². The first-order chi connectivity index (χ1) is 14.8. The molecule has 0 unspecified atom stereocenters. The Bertz CT molecular complexity index is 1170. The van der Waals surface area contributed by atoms with Crippen molar-refractivity contribution in [1.82, 2.24) is 19.7 Å². The number of aromatic nitrogens is 4. The van der Waals surface area contributed by atoms with Crippen molar-refractivity contribution in [2.45, 2.75) is 38.0 Å². The van der Waals surface area contributed by atoms with Crippen molar-refractivity contribution in [2.24, 2.45) is 7.05 Å². The van der Waals surface area contributed by atoms with Gasteiger partial charge in [0.2, 0.25) is 0 Å². The molecule has 2 bridgehead atoms. The molecule has 0 saturated carbocycles. The second-order valence-corrected chi connectivity index (χ2v) is 8.90. The summed E-state index contributed by atoms with van der Waals surface area (Å²) in [6, 6.07) is 11.0. The van der Waals surface area contributed by atoms with Gasteiger partial charge in [0.25, 0.3) is 0 Å². The summed E-state index contributed by atoms with van der Waals surface area (Å²) in [5.41, 5.74) is 2.50. The Morgan fingerprint density at radius 3 is 2.58 bits per heavy atom. The molecule has 0 spiro atoms. The third-order valence-corrected chi connectivity index (χ3v) is 6.25. The average molecular weight is 416 g/mol. The van der Waals surface area contributed by atoms with E-state index in [9.17, 15) is 10.4 Å². The second-order valence-electron chi connectivity index (χ2n) is 8.90. The van der Waals surface area contributed by atoms with Crippen molar-refractivity contribution in [3.05, 3.63) is 54.0 Å². The van der Waals surface area contributed by atoms with Crippen LogP contribution < -0.4 is 9.80 Å². The van der Waals surface area contributed by atoms with Gasteiger partial charge in [-0.15, -0.1) is 0 Å². The van der Waals surface area contributed by atoms with Crippen LogP contribution in [0.5, 0.6) is 0 Å². The molecule has 2 aromatic heterocycles. The third kappa shape index (κ3) is 3.41. The smallest absolute Gasteiger partial charge is 0.164 e. The highest BCUT2D eigenvalue weighted by molar-refractivity contribution is 5.63. The largest absolute Gasteiger partial charge is 0.386 e. The van der Waals surface area contributed by atoms with E-state index in [1.165, 1.54) is 0 Å². The van der Waals surface area contributed by atoms with Crippen LogP contribution in [0.3, 0.4) is 0 Å². The fraction of sp³-hybridized carbons (Fsp3) is 0.391. The molecule has 158 valence electrons. The van der Waals surface area contributed by atoms with Gasteiger partial charge in [-0.1, -0.05) is 12.1 Å². The highest BCUT2D eigenvalue weighted by Crippen LogP contribution is 2.39. The van der Waals surface area contributed by atoms with Crippen molar-refractivity contribution < 1.29 is 5.11 Å². The molecule has 2 aliphatic heterocycles. The highest BCUT2D eigenvalue weighted by Gasteiger charge is 2.44. The quantitative estimate of drug-likeness (QED) is 0.699. The number of piperazine rings is 1. The van der Waals surface area contributed by atoms with Gasteiger partial charge in [-0.2, -0.15) is 10.4 Å². The van der Waals surface area contributed by atoms with Crippen LogP contribution in [0.2, 0.25) is 0 Å². The number of nitrogens with zero attached hydrogens (tertiary/aromatic N) is 7. The number of hydrogen-bond donors (Lipinski definition) is 1. The van der Waals surface area contributed by atoms with Gasteiger partial charge < -0.3 is 14.9 Å². The molecule has 0 radical (unpaired) electrons. The van der Waals surface area contributed by atoms with E-state index in [0.717, 1.165) is 36.3 Å². The first kappa shape index (κ1) is 19.5. The predicted molar refractivity (Wildman–Crippen MR) is 118 cm³/mol. The Kier molecular flexibility index (Phi) is 4.45. The Morgan fingerprint density at radius 1 is 1.16 bits per heavy atom. The molecule has 8 nitrogen and oxygen atoms in total. The van der Waals surface area contributed by atoms with Crippen LogP contribution in [-0.2, 0) is 12.6 Å². The molecule has 3 aromatic rings. The third-order valence-electron chi connectivity index (χ3n) is 6.25. The Balaban J connectivity index is 1.42. The number of benzene rings is 1. The van der Waals surface area contributed by atoms with Crippen molar-refractivity contribution in [3.63, 3.8) is 0 Å². The maximum Gasteiger partial charge on any atom is 0.164 e. The molecule has 31 heavy (non-hydrogen) atoms. The molecular weight excluding hydrogens is 390 g/mol. The number of nitriles is 1. The van der Waals surface area contributed by atoms with Gasteiger partial charge in [0.1, 0.15) is 11.6 Å². The van der Waals surface area contributed by atoms with Crippen LogP contribution in [0.1, 0.15) is 31.4 Å². The molecule has 2 atom stereocenters. The van der Waals surface area contributed by atoms with Gasteiger partial charge in [-0.05, 0) is 38.0 Å². The predicted octanol–water partition coefficient (Wildman–Crippen LogP) is 2.44. The molecule has 4 heterocycles. The minimum absolute atomic E-state index is 0.277. The molecular formula is C23H25N7O. The van der Waals surface area contributed by atoms with E-state index in [4.69, 9.17) is 4.98 Å². The van der Waals surface area contributed by atoms with Crippen molar-refractivity contribution in [2.75, 3.05) is 22.9 Å². The van der Waals surface area contributed by atoms with Crippen LogP contribution in [-0.4, -0.2) is 50.0 Å². The molecule has 8 heteroatoms. The van der Waals surface area contributed by atoms with Crippen LogP contribution >= 0.6 is 0 Å². The monoisotopic (exact) mass is 415 g/mol. The van der Waals surface area contributed by atoms with Gasteiger partial charge in [-0.3, -0.25) is 4.68 Å². The standard InChI is InChI=1S/C23H25N7O/c1-23(2,31)17-5-4-6-18(7-17)29-13-20-8-19(29)14-30(20)22-15(9-24)10-25-21(27-22)16-11-26-28(3)12-16/h4-7,10-12,19-20,31H,8,13-14H2,1-3H3/t19-,20+/m1/s1. The van der Waals surface area contributed by atoms with E-state index in [1.807, 2.05) is 39.2 Å². The maximum atomic E-state index is 10.4. The molecule has 1 N–H and O–H groups in total. The zero-order chi connectivity index (χ0) is 21.8. The Hall–Kier alpha value is -3.44. The fourth-order valence-electron chi connectivity index (χ4n) is 4.65. The lowest BCUT2D eigenvalue weighted by Gasteiger charge is -2.37. The molecule has 2 aliphatic rings. The lowest BCUT2D eigenvalue weighted by atomic mass is 9.97. The number of fused-ring (bicyclic) bond motifs is 2. The van der Waals surface area contributed by atoms with Crippen LogP contribution in [0.4, 0.5) is 11.5 Å². The first-order valence-electron chi connectivity index (χ1n) is 10.5. The molecule has 0 aliphatic carbocycles. The van der Waals surface area contributed by atoms with Gasteiger partial charge in [0.15, 0.2) is 11.6 Å². The summed E-state index contributed by atoms with van der Waals surface area (Å²) in [6.45, 7) is 5.28. The molecule has 5 rings (SSSR count). The zero-order valence-corrected chi connectivity index (χ0v) is 17.9. The zero-order valence-electron chi connectivity index (χ0n) is 17.9. The fourth-order valence-corrected chi connectivity index (χ4v) is 4.65. The van der Waals surface area contributed by atoms with E-state index in [-0.39, 0.29) is 6.04 Å². The lowest BCUT2D eigenvalue weighted by molar-refractivity contribution is 0.0786. The van der Waals surface area contributed by atoms with E-state index in [0.29, 0.717) is 23.2 Å². The van der Waals surface area contributed by atoms with E-state index in [1.54, 1.807) is 17.1 Å². The van der Waals surface area contributed by atoms with Crippen molar-refractivity contribution in [3.8, 4) is 17.5 Å². The summed E-state index contributed by atoms with van der Waals surface area (Å²) in [7, 11) is 1.86. The molecule has 1 aromatic carbocycles. The average Bonchev–Trinajstić information content (AvgIpc) is 3.48. The topological polar surface area (TPSA) is 94.1 Å². The van der Waals surface area contributed by atoms with Crippen LogP contribution in [0.25, 0.3) is 11.4 Å². The van der Waals surface area contributed by atoms with E-state index >= 15 is 0 Å². The van der Waals surface area contributed by atoms with Gasteiger partial charge >= 0.3 is 0 Å². The number of anilines is 2. The summed E-state index contributed by atoms with van der Waals surface area (Å²) in [4.78, 5) is 13.8. The summed E-state index contributed by atoms with van der Waals surface area (Å²) in [6.07, 6.45) is 6.24. The summed E-state index contributed by atoms with van der Waals surface area (Å²) in [5.74, 6) is 1.29. The van der Waals surface area contributed by atoms with Gasteiger partial charge in [-0.25, -0.2) is 9.97 Å².